The molecule has 31 heavy (non-hydrogen) atoms. The number of benzene rings is 1. The van der Waals surface area contributed by atoms with Gasteiger partial charge >= 0.3 is 0 Å². The van der Waals surface area contributed by atoms with E-state index in [4.69, 9.17) is 0 Å². The molecule has 2 aliphatic heterocycles. The number of dihydropyridines is 1. The summed E-state index contributed by atoms with van der Waals surface area (Å²) in [5.41, 5.74) is 3.15. The summed E-state index contributed by atoms with van der Waals surface area (Å²) >= 11 is 0. The van der Waals surface area contributed by atoms with E-state index < -0.39 is 6.10 Å². The van der Waals surface area contributed by atoms with Crippen LogP contribution in [0.1, 0.15) is 15.9 Å². The first kappa shape index (κ1) is 22.8. The van der Waals surface area contributed by atoms with Crippen molar-refractivity contribution in [1.29, 1.82) is 0 Å². The van der Waals surface area contributed by atoms with Gasteiger partial charge in [-0.3, -0.25) is 4.79 Å². The lowest BCUT2D eigenvalue weighted by Gasteiger charge is -2.23. The first-order valence-corrected chi connectivity index (χ1v) is 10.5. The van der Waals surface area contributed by atoms with Crippen molar-refractivity contribution in [2.75, 3.05) is 46.8 Å². The zero-order chi connectivity index (χ0) is 22.2. The highest BCUT2D eigenvalue weighted by molar-refractivity contribution is 5.94. The van der Waals surface area contributed by atoms with Gasteiger partial charge in [0.15, 0.2) is 5.95 Å². The lowest BCUT2D eigenvalue weighted by molar-refractivity contribution is 0.0807. The van der Waals surface area contributed by atoms with Crippen LogP contribution in [0.25, 0.3) is 0 Å². The van der Waals surface area contributed by atoms with Crippen LogP contribution >= 0.6 is 0 Å². The van der Waals surface area contributed by atoms with Gasteiger partial charge in [-0.15, -0.1) is 0 Å². The average molecular weight is 427 g/mol. The van der Waals surface area contributed by atoms with E-state index in [0.29, 0.717) is 24.2 Å². The molecule has 166 valence electrons. The van der Waals surface area contributed by atoms with Crippen LogP contribution in [-0.4, -0.2) is 73.7 Å². The van der Waals surface area contributed by atoms with Crippen LogP contribution in [-0.2, 0) is 6.42 Å². The maximum atomic E-state index is 13.8. The molecule has 0 saturated carbocycles. The lowest BCUT2D eigenvalue weighted by Crippen LogP contribution is -2.33. The maximum Gasteiger partial charge on any atom is 0.253 e. The van der Waals surface area contributed by atoms with Gasteiger partial charge in [0, 0.05) is 44.9 Å². The van der Waals surface area contributed by atoms with Crippen LogP contribution in [0.4, 0.5) is 4.39 Å². The summed E-state index contributed by atoms with van der Waals surface area (Å²) in [5.74, 6) is -0.523. The largest absolute Gasteiger partial charge is 0.387 e. The van der Waals surface area contributed by atoms with Crippen LogP contribution < -0.4 is 10.6 Å². The van der Waals surface area contributed by atoms with Gasteiger partial charge in [-0.2, -0.15) is 4.39 Å². The van der Waals surface area contributed by atoms with Crippen molar-refractivity contribution in [2.45, 2.75) is 12.5 Å². The Bertz CT molecular complexity index is 889. The Labute approximate surface area is 183 Å². The minimum Gasteiger partial charge on any atom is -0.387 e. The number of hydrogen-bond donors (Lipinski definition) is 3. The fourth-order valence-corrected chi connectivity index (χ4v) is 3.55. The molecule has 7 heteroatoms. The molecular formula is C24H31FN4O2. The summed E-state index contributed by atoms with van der Waals surface area (Å²) in [6.07, 6.45) is 9.73. The molecule has 0 saturated heterocycles. The summed E-state index contributed by atoms with van der Waals surface area (Å²) in [6, 6.07) is 7.48. The number of nitrogens with one attached hydrogen (secondary N) is 2. The highest BCUT2D eigenvalue weighted by Crippen LogP contribution is 2.14. The molecule has 1 aromatic rings. The number of halogens is 1. The second-order valence-corrected chi connectivity index (χ2v) is 7.95. The maximum absolute atomic E-state index is 13.8. The Morgan fingerprint density at radius 3 is 2.84 bits per heavy atom. The molecule has 1 unspecified atom stereocenters. The molecule has 0 aliphatic carbocycles. The average Bonchev–Trinajstić information content (AvgIpc) is 2.78. The third kappa shape index (κ3) is 6.54. The molecule has 0 spiro atoms. The van der Waals surface area contributed by atoms with E-state index in [-0.39, 0.29) is 18.4 Å². The van der Waals surface area contributed by atoms with Crippen LogP contribution in [0.5, 0.6) is 0 Å². The van der Waals surface area contributed by atoms with Gasteiger partial charge < -0.3 is 25.5 Å². The number of nitrogens with zero attached hydrogens (tertiary/aromatic N) is 2. The number of rotatable bonds is 9. The van der Waals surface area contributed by atoms with Gasteiger partial charge in [-0.05, 0) is 48.5 Å². The third-order valence-electron chi connectivity index (χ3n) is 5.37. The molecule has 3 rings (SSSR count). The number of hydrogen-bond acceptors (Lipinski definition) is 5. The van der Waals surface area contributed by atoms with Crippen molar-refractivity contribution in [3.05, 3.63) is 83.0 Å². The second-order valence-electron chi connectivity index (χ2n) is 7.95. The zero-order valence-electron chi connectivity index (χ0n) is 18.1. The van der Waals surface area contributed by atoms with Gasteiger partial charge in [-0.25, -0.2) is 0 Å². The Morgan fingerprint density at radius 1 is 1.35 bits per heavy atom. The van der Waals surface area contributed by atoms with Crippen LogP contribution in [0.3, 0.4) is 0 Å². The second kappa shape index (κ2) is 10.9. The van der Waals surface area contributed by atoms with Gasteiger partial charge in [0.1, 0.15) is 0 Å². The molecular weight excluding hydrogens is 395 g/mol. The molecule has 2 heterocycles. The summed E-state index contributed by atoms with van der Waals surface area (Å²) in [7, 11) is 3.65. The number of allylic oxidation sites excluding steroid dienone is 2. The fraction of sp³-hybridized carbons (Fsp3) is 0.375. The van der Waals surface area contributed by atoms with Crippen molar-refractivity contribution < 1.29 is 14.3 Å². The number of carbonyl (C=O) groups is 1. The van der Waals surface area contributed by atoms with E-state index in [1.54, 1.807) is 25.3 Å². The predicted molar refractivity (Wildman–Crippen MR) is 121 cm³/mol. The lowest BCUT2D eigenvalue weighted by atomic mass is 10.1. The van der Waals surface area contributed by atoms with E-state index in [1.807, 2.05) is 48.5 Å². The summed E-state index contributed by atoms with van der Waals surface area (Å²) in [5, 5.41) is 16.2. The molecule has 0 radical (unpaired) electrons. The molecule has 1 amide bonds. The van der Waals surface area contributed by atoms with E-state index in [1.165, 1.54) is 4.90 Å². The normalized spacial score (nSPS) is 16.8. The van der Waals surface area contributed by atoms with Crippen molar-refractivity contribution in [2.24, 2.45) is 0 Å². The Balaban J connectivity index is 1.43. The molecule has 0 bridgehead atoms. The fourth-order valence-electron chi connectivity index (χ4n) is 3.55. The van der Waals surface area contributed by atoms with Gasteiger partial charge in [-0.1, -0.05) is 30.4 Å². The van der Waals surface area contributed by atoms with E-state index in [9.17, 15) is 14.3 Å². The Morgan fingerprint density at radius 2 is 2.13 bits per heavy atom. The minimum absolute atomic E-state index is 0.146. The van der Waals surface area contributed by atoms with Crippen molar-refractivity contribution in [3.8, 4) is 0 Å². The van der Waals surface area contributed by atoms with Crippen LogP contribution in [0.15, 0.2) is 71.9 Å². The van der Waals surface area contributed by atoms with E-state index in [0.717, 1.165) is 30.6 Å². The van der Waals surface area contributed by atoms with E-state index in [2.05, 4.69) is 10.6 Å². The zero-order valence-corrected chi connectivity index (χ0v) is 18.1. The van der Waals surface area contributed by atoms with Crippen LogP contribution in [0, 0.1) is 0 Å². The summed E-state index contributed by atoms with van der Waals surface area (Å²) < 4.78 is 13.8. The molecule has 3 N–H and O–H groups in total. The van der Waals surface area contributed by atoms with Gasteiger partial charge in [0.05, 0.1) is 12.6 Å². The Hall–Kier alpha value is -2.90. The number of carbonyl (C=O) groups excluding carboxylic acids is 1. The van der Waals surface area contributed by atoms with Crippen molar-refractivity contribution in [3.63, 3.8) is 0 Å². The number of aliphatic hydroxyl groups excluding tert-OH is 1. The van der Waals surface area contributed by atoms with Crippen molar-refractivity contribution in [1.82, 2.24) is 20.4 Å². The Kier molecular flexibility index (Phi) is 8.03. The standard InChI is InChI=1S/C24H31FN4O2/c1-28-14-4-6-20(16-28)22(30)15-26-13-11-18-7-9-19(10-8-18)24(31)29(2)17-21-5-3-12-27-23(21)25/h3-10,14,22,26-27,30H,11-13,15-17H2,1-2H3. The molecule has 6 nitrogen and oxygen atoms in total. The molecule has 2 aliphatic rings. The SMILES string of the molecule is CN1C=CC=C(C(O)CNCCc2ccc(C(=O)N(C)CC3=C(F)NCC=C3)cc2)C1. The first-order chi connectivity index (χ1) is 14.9. The van der Waals surface area contributed by atoms with Crippen molar-refractivity contribution >= 4 is 5.91 Å². The molecule has 1 atom stereocenters. The number of likely N-dealkylation sites (N-methyl/N-ethyl adjacent to an activating group) is 2. The summed E-state index contributed by atoms with van der Waals surface area (Å²) in [4.78, 5) is 16.2. The highest BCUT2D eigenvalue weighted by Gasteiger charge is 2.16. The molecule has 0 fully saturated rings. The van der Waals surface area contributed by atoms with Gasteiger partial charge in [0.25, 0.3) is 5.91 Å². The molecule has 0 aromatic heterocycles. The highest BCUT2D eigenvalue weighted by atomic mass is 19.1. The quantitative estimate of drug-likeness (QED) is 0.416. The van der Waals surface area contributed by atoms with Crippen LogP contribution in [0.2, 0.25) is 0 Å². The number of amides is 1. The number of aliphatic hydroxyl groups is 1. The van der Waals surface area contributed by atoms with Gasteiger partial charge in [0.2, 0.25) is 0 Å². The predicted octanol–water partition coefficient (Wildman–Crippen LogP) is 1.98. The smallest absolute Gasteiger partial charge is 0.253 e. The minimum atomic E-state index is -0.503. The van der Waals surface area contributed by atoms with E-state index >= 15 is 0 Å². The summed E-state index contributed by atoms with van der Waals surface area (Å²) in [6.45, 7) is 2.65. The topological polar surface area (TPSA) is 67.8 Å². The third-order valence-corrected chi connectivity index (χ3v) is 5.37. The monoisotopic (exact) mass is 426 g/mol. The molecule has 1 aromatic carbocycles. The first-order valence-electron chi connectivity index (χ1n) is 10.5.